The molecule has 1 unspecified atom stereocenters. The second-order valence-corrected chi connectivity index (χ2v) is 7.43. The van der Waals surface area contributed by atoms with Crippen LogP contribution in [0.2, 0.25) is 0 Å². The van der Waals surface area contributed by atoms with Crippen LogP contribution in [0.5, 0.6) is 0 Å². The van der Waals surface area contributed by atoms with E-state index in [9.17, 15) is 4.57 Å². The van der Waals surface area contributed by atoms with Gasteiger partial charge in [-0.3, -0.25) is 5.10 Å². The second-order valence-electron chi connectivity index (χ2n) is 4.91. The minimum Gasteiger partial charge on any atom is -0.449 e. The number of H-pyrrole nitrogens is 1. The van der Waals surface area contributed by atoms with Crippen LogP contribution in [-0.4, -0.2) is 10.2 Å². The van der Waals surface area contributed by atoms with Crippen LogP contribution in [0.1, 0.15) is 19.4 Å². The first-order chi connectivity index (χ1) is 7.64. The van der Waals surface area contributed by atoms with Gasteiger partial charge in [0.25, 0.3) is 0 Å². The van der Waals surface area contributed by atoms with Crippen LogP contribution in [0.4, 0.5) is 0 Å². The van der Waals surface area contributed by atoms with E-state index in [0.717, 1.165) is 39.5 Å². The maximum absolute atomic E-state index is 11.9. The largest absolute Gasteiger partial charge is 0.449 e. The molecule has 0 saturated carbocycles. The maximum Gasteiger partial charge on any atom is 0.214 e. The lowest BCUT2D eigenvalue weighted by molar-refractivity contribution is 0.589. The van der Waals surface area contributed by atoms with E-state index in [1.165, 1.54) is 0 Å². The third-order valence-electron chi connectivity index (χ3n) is 3.23. The summed E-state index contributed by atoms with van der Waals surface area (Å²) in [6.45, 7) is 4.34. The molecule has 2 aromatic rings. The molecular weight excluding hydrogens is 223 g/mol. The topological polar surface area (TPSA) is 58.9 Å². The van der Waals surface area contributed by atoms with E-state index in [1.807, 2.05) is 6.20 Å². The number of aromatic amines is 1. The van der Waals surface area contributed by atoms with Gasteiger partial charge in [0, 0.05) is 5.56 Å². The number of rotatable bonds is 3. The Balaban J connectivity index is 1.80. The van der Waals surface area contributed by atoms with Crippen LogP contribution in [0.25, 0.3) is 11.5 Å². The predicted octanol–water partition coefficient (Wildman–Crippen LogP) is 1.13. The summed E-state index contributed by atoms with van der Waals surface area (Å²) in [5.41, 5.74) is 2.83. The highest BCUT2D eigenvalue weighted by atomic mass is 31.2. The van der Waals surface area contributed by atoms with Gasteiger partial charge in [-0.05, 0) is 12.3 Å². The van der Waals surface area contributed by atoms with Crippen molar-refractivity contribution in [3.8, 4) is 11.5 Å². The highest BCUT2D eigenvalue weighted by Gasteiger charge is 2.74. The van der Waals surface area contributed by atoms with Crippen molar-refractivity contribution in [1.82, 2.24) is 10.2 Å². The van der Waals surface area contributed by atoms with Crippen LogP contribution in [0.3, 0.4) is 0 Å². The van der Waals surface area contributed by atoms with E-state index in [0.29, 0.717) is 5.92 Å². The molecule has 2 bridgehead atoms. The molecule has 2 aromatic heterocycles. The molecule has 5 heterocycles. The summed E-state index contributed by atoms with van der Waals surface area (Å²) in [6.07, 6.45) is 2.80. The zero-order chi connectivity index (χ0) is 11.1. The van der Waals surface area contributed by atoms with Crippen molar-refractivity contribution >= 4 is 23.3 Å². The van der Waals surface area contributed by atoms with Gasteiger partial charge in [-0.25, -0.2) is 0 Å². The van der Waals surface area contributed by atoms with Gasteiger partial charge in [0.1, 0.15) is 5.69 Å². The number of hydrogen-bond acceptors (Lipinski definition) is 3. The zero-order valence-corrected chi connectivity index (χ0v) is 9.97. The van der Waals surface area contributed by atoms with Crippen molar-refractivity contribution in [1.29, 1.82) is 0 Å². The van der Waals surface area contributed by atoms with Crippen molar-refractivity contribution in [2.45, 2.75) is 20.3 Å². The average molecular weight is 234 g/mol. The first kappa shape index (κ1) is 8.82. The van der Waals surface area contributed by atoms with Gasteiger partial charge >= 0.3 is 0 Å². The van der Waals surface area contributed by atoms with Crippen LogP contribution >= 0.6 is 7.14 Å². The van der Waals surface area contributed by atoms with Crippen LogP contribution in [0.15, 0.2) is 10.6 Å². The Morgan fingerprint density at radius 1 is 1.50 bits per heavy atom. The van der Waals surface area contributed by atoms with Crippen LogP contribution in [-0.2, 0) is 11.0 Å². The Labute approximate surface area is 92.4 Å². The molecule has 0 amide bonds. The molecule has 5 rings (SSSR count). The normalized spacial score (nSPS) is 23.7. The third kappa shape index (κ3) is 0.800. The second kappa shape index (κ2) is 2.35. The maximum atomic E-state index is 11.9. The van der Waals surface area contributed by atoms with Gasteiger partial charge in [-0.2, -0.15) is 5.10 Å². The van der Waals surface area contributed by atoms with Gasteiger partial charge in [0.2, 0.25) is 7.14 Å². The fourth-order valence-electron chi connectivity index (χ4n) is 2.37. The smallest absolute Gasteiger partial charge is 0.214 e. The molecule has 1 N–H and O–H groups in total. The van der Waals surface area contributed by atoms with Gasteiger partial charge in [0.15, 0.2) is 11.3 Å². The molecule has 0 aliphatic carbocycles. The number of furan rings is 1. The summed E-state index contributed by atoms with van der Waals surface area (Å²) >= 11 is 0. The van der Waals surface area contributed by atoms with Crippen LogP contribution in [0, 0.1) is 5.92 Å². The van der Waals surface area contributed by atoms with Crippen molar-refractivity contribution < 1.29 is 8.98 Å². The summed E-state index contributed by atoms with van der Waals surface area (Å²) in [6, 6.07) is 0. The Bertz CT molecular complexity index is 657. The average Bonchev–Trinajstić information content (AvgIpc) is 2.77. The molecular formula is C11H11N2O2P. The molecule has 3 aliphatic heterocycles. The molecule has 0 saturated heterocycles. The van der Waals surface area contributed by atoms with E-state index in [-0.39, 0.29) is 0 Å². The monoisotopic (exact) mass is 234 g/mol. The Kier molecular flexibility index (Phi) is 1.30. The fraction of sp³-hybridized carbons (Fsp3) is 0.364. The van der Waals surface area contributed by atoms with E-state index >= 15 is 0 Å². The fourth-order valence-corrected chi connectivity index (χ4v) is 4.86. The SMILES string of the molecule is CC(C)Cc1cn[nH]c1-c1oc2c3c1P23=O. The molecule has 4 nitrogen and oxygen atoms in total. The zero-order valence-electron chi connectivity index (χ0n) is 9.07. The summed E-state index contributed by atoms with van der Waals surface area (Å²) in [5.74, 6) is 1.35. The van der Waals surface area contributed by atoms with Gasteiger partial charge < -0.3 is 8.98 Å². The third-order valence-corrected chi connectivity index (χ3v) is 5.78. The highest BCUT2D eigenvalue weighted by molar-refractivity contribution is 8.06. The Hall–Kier alpha value is -1.28. The summed E-state index contributed by atoms with van der Waals surface area (Å²) in [4.78, 5) is 0. The minimum atomic E-state index is -2.10. The summed E-state index contributed by atoms with van der Waals surface area (Å²) < 4.78 is 17.4. The van der Waals surface area contributed by atoms with Gasteiger partial charge in [-0.1, -0.05) is 13.8 Å². The van der Waals surface area contributed by atoms with E-state index in [1.54, 1.807) is 0 Å². The quantitative estimate of drug-likeness (QED) is 0.541. The molecule has 16 heavy (non-hydrogen) atoms. The Morgan fingerprint density at radius 2 is 2.25 bits per heavy atom. The van der Waals surface area contributed by atoms with E-state index in [2.05, 4.69) is 24.0 Å². The molecule has 0 aromatic carbocycles. The summed E-state index contributed by atoms with van der Waals surface area (Å²) in [5, 5.41) is 8.99. The Morgan fingerprint density at radius 3 is 2.81 bits per heavy atom. The van der Waals surface area contributed by atoms with Gasteiger partial charge in [-0.15, -0.1) is 0 Å². The van der Waals surface area contributed by atoms with Crippen LogP contribution < -0.4 is 16.1 Å². The molecule has 3 aliphatic rings. The lowest BCUT2D eigenvalue weighted by Gasteiger charge is -2.02. The highest BCUT2D eigenvalue weighted by Crippen LogP contribution is 2.70. The molecule has 0 fully saturated rings. The molecule has 1 atom stereocenters. The summed E-state index contributed by atoms with van der Waals surface area (Å²) in [7, 11) is -2.10. The number of nitrogens with zero attached hydrogens (tertiary/aromatic N) is 1. The van der Waals surface area contributed by atoms with Crippen molar-refractivity contribution in [2.75, 3.05) is 0 Å². The lowest BCUT2D eigenvalue weighted by Crippen LogP contribution is -1.99. The standard InChI is InChI=1S/C11H11N2O2P/c1-5(2)3-6-4-12-13-7(6)8-9-10-11(15-8)16(9,10)14/h4-5H,3H2,1-2H3,(H,12,13). The van der Waals surface area contributed by atoms with E-state index in [4.69, 9.17) is 4.42 Å². The minimum absolute atomic E-state index is 0.571. The van der Waals surface area contributed by atoms with Crippen molar-refractivity contribution in [3.05, 3.63) is 11.8 Å². The first-order valence-corrected chi connectivity index (χ1v) is 7.16. The molecule has 82 valence electrons. The van der Waals surface area contributed by atoms with Gasteiger partial charge in [0.05, 0.1) is 16.8 Å². The number of nitrogens with one attached hydrogen (secondary N) is 1. The lowest BCUT2D eigenvalue weighted by atomic mass is 10.0. The number of fused-ring (bicyclic) bond motifs is 1. The number of hydrogen-bond donors (Lipinski definition) is 1. The van der Waals surface area contributed by atoms with E-state index < -0.39 is 7.14 Å². The number of aromatic nitrogens is 2. The molecule has 0 radical (unpaired) electrons. The predicted molar refractivity (Wildman–Crippen MR) is 61.3 cm³/mol. The molecule has 0 spiro atoms. The first-order valence-electron chi connectivity index (χ1n) is 5.45. The van der Waals surface area contributed by atoms with Crippen molar-refractivity contribution in [2.24, 2.45) is 5.92 Å². The molecule has 5 heteroatoms. The van der Waals surface area contributed by atoms with Crippen molar-refractivity contribution in [3.63, 3.8) is 0 Å².